The fourth-order valence-corrected chi connectivity index (χ4v) is 4.06. The van der Waals surface area contributed by atoms with Crippen molar-refractivity contribution in [3.8, 4) is 11.4 Å². The summed E-state index contributed by atoms with van der Waals surface area (Å²) in [6.45, 7) is 0. The van der Waals surface area contributed by atoms with Crippen LogP contribution in [0.1, 0.15) is 0 Å². The zero-order valence-electron chi connectivity index (χ0n) is 16.8. The molecule has 32 heavy (non-hydrogen) atoms. The summed E-state index contributed by atoms with van der Waals surface area (Å²) in [6, 6.07) is 18.0. The van der Waals surface area contributed by atoms with Gasteiger partial charge < -0.3 is 10.1 Å². The van der Waals surface area contributed by atoms with E-state index in [-0.39, 0.29) is 22.2 Å². The van der Waals surface area contributed by atoms with Crippen LogP contribution in [0.4, 0.5) is 10.1 Å². The summed E-state index contributed by atoms with van der Waals surface area (Å²) < 4.78 is 20.0. The van der Waals surface area contributed by atoms with Gasteiger partial charge in [0, 0.05) is 5.69 Å². The number of para-hydroxylation sites is 1. The highest BCUT2D eigenvalue weighted by molar-refractivity contribution is 7.99. The van der Waals surface area contributed by atoms with E-state index in [1.165, 1.54) is 22.8 Å². The molecule has 0 aliphatic carbocycles. The Kier molecular flexibility index (Phi) is 6.43. The van der Waals surface area contributed by atoms with Crippen molar-refractivity contribution in [1.29, 1.82) is 0 Å². The minimum absolute atomic E-state index is 0.0179. The number of thioether (sulfide) groups is 1. The molecule has 1 heterocycles. The van der Waals surface area contributed by atoms with E-state index >= 15 is 0 Å². The molecule has 3 aromatic carbocycles. The molecule has 162 valence electrons. The number of carbonyl (C=O) groups excluding carboxylic acids is 1. The molecule has 0 saturated heterocycles. The first-order valence-electron chi connectivity index (χ1n) is 9.50. The molecular weight excluding hydrogens is 453 g/mol. The summed E-state index contributed by atoms with van der Waals surface area (Å²) in [5.74, 6) is -0.276. The lowest BCUT2D eigenvalue weighted by molar-refractivity contribution is -0.113. The second-order valence-corrected chi connectivity index (χ2v) is 8.07. The van der Waals surface area contributed by atoms with Crippen LogP contribution >= 0.6 is 23.4 Å². The Balaban J connectivity index is 1.65. The van der Waals surface area contributed by atoms with Gasteiger partial charge in [-0.05, 0) is 54.6 Å². The Morgan fingerprint density at radius 2 is 1.91 bits per heavy atom. The molecule has 0 aliphatic heterocycles. The number of methoxy groups -OCH3 is 1. The molecule has 0 unspecified atom stereocenters. The van der Waals surface area contributed by atoms with Gasteiger partial charge in [-0.2, -0.15) is 0 Å². The topological polar surface area (TPSA) is 73.2 Å². The van der Waals surface area contributed by atoms with E-state index in [0.717, 1.165) is 11.8 Å². The van der Waals surface area contributed by atoms with Crippen molar-refractivity contribution in [3.05, 3.63) is 87.9 Å². The van der Waals surface area contributed by atoms with E-state index in [2.05, 4.69) is 10.3 Å². The number of nitrogens with one attached hydrogen (secondary N) is 1. The number of hydrogen-bond acceptors (Lipinski definition) is 5. The minimum atomic E-state index is -0.567. The number of rotatable bonds is 6. The zero-order chi connectivity index (χ0) is 22.7. The Morgan fingerprint density at radius 1 is 1.16 bits per heavy atom. The number of anilines is 1. The summed E-state index contributed by atoms with van der Waals surface area (Å²) >= 11 is 6.88. The van der Waals surface area contributed by atoms with Gasteiger partial charge in [-0.1, -0.05) is 35.5 Å². The number of benzene rings is 3. The molecule has 1 amide bonds. The number of nitrogens with zero attached hydrogens (tertiary/aromatic N) is 2. The Bertz CT molecular complexity index is 1360. The van der Waals surface area contributed by atoms with Gasteiger partial charge in [0.1, 0.15) is 11.6 Å². The zero-order valence-corrected chi connectivity index (χ0v) is 18.4. The maximum absolute atomic E-state index is 13.3. The number of amides is 1. The standard InChI is InChI=1S/C23H17ClFN3O3S/c1-31-16-9-7-15(8-10-16)28-22(30)17-4-2-3-5-20(17)27-23(28)32-13-21(29)26-14-6-11-19(25)18(24)12-14/h2-12H,13H2,1H3,(H,26,29). The highest BCUT2D eigenvalue weighted by atomic mass is 35.5. The molecule has 0 spiro atoms. The average molecular weight is 470 g/mol. The van der Waals surface area contributed by atoms with E-state index < -0.39 is 5.82 Å². The summed E-state index contributed by atoms with van der Waals surface area (Å²) in [4.78, 5) is 30.3. The Hall–Kier alpha value is -3.36. The SMILES string of the molecule is COc1ccc(-n2c(SCC(=O)Nc3ccc(F)c(Cl)c3)nc3ccccc3c2=O)cc1. The largest absolute Gasteiger partial charge is 0.497 e. The second-order valence-electron chi connectivity index (χ2n) is 6.72. The van der Waals surface area contributed by atoms with Crippen LogP contribution in [0, 0.1) is 5.82 Å². The summed E-state index contributed by atoms with van der Waals surface area (Å²) in [6.07, 6.45) is 0. The maximum atomic E-state index is 13.3. The quantitative estimate of drug-likeness (QED) is 0.320. The average Bonchev–Trinajstić information content (AvgIpc) is 2.80. The molecule has 0 radical (unpaired) electrons. The van der Waals surface area contributed by atoms with Crippen LogP contribution in [0.5, 0.6) is 5.75 Å². The predicted octanol–water partition coefficient (Wildman–Crippen LogP) is 4.92. The van der Waals surface area contributed by atoms with Crippen molar-refractivity contribution in [3.63, 3.8) is 0 Å². The van der Waals surface area contributed by atoms with Gasteiger partial charge in [0.25, 0.3) is 5.56 Å². The molecule has 4 aromatic rings. The van der Waals surface area contributed by atoms with Gasteiger partial charge in [0.2, 0.25) is 5.91 Å². The molecule has 6 nitrogen and oxygen atoms in total. The predicted molar refractivity (Wildman–Crippen MR) is 125 cm³/mol. The number of halogens is 2. The second kappa shape index (κ2) is 9.42. The Labute approximate surface area is 192 Å². The fraction of sp³-hybridized carbons (Fsp3) is 0.0870. The Morgan fingerprint density at radius 3 is 2.62 bits per heavy atom. The molecule has 1 aromatic heterocycles. The van der Waals surface area contributed by atoms with Gasteiger partial charge in [0.15, 0.2) is 5.16 Å². The van der Waals surface area contributed by atoms with Crippen LogP contribution in [0.25, 0.3) is 16.6 Å². The molecule has 9 heteroatoms. The molecule has 4 rings (SSSR count). The summed E-state index contributed by atoms with van der Waals surface area (Å²) in [5.41, 5.74) is 1.27. The van der Waals surface area contributed by atoms with Crippen molar-refractivity contribution in [2.45, 2.75) is 5.16 Å². The molecule has 0 saturated carbocycles. The first-order valence-corrected chi connectivity index (χ1v) is 10.9. The van der Waals surface area contributed by atoms with Crippen LogP contribution in [0.2, 0.25) is 5.02 Å². The van der Waals surface area contributed by atoms with Gasteiger partial charge in [0.05, 0.1) is 34.5 Å². The van der Waals surface area contributed by atoms with Gasteiger partial charge in [-0.3, -0.25) is 14.2 Å². The molecular formula is C23H17ClFN3O3S. The summed E-state index contributed by atoms with van der Waals surface area (Å²) in [7, 11) is 1.56. The highest BCUT2D eigenvalue weighted by Gasteiger charge is 2.15. The monoisotopic (exact) mass is 469 g/mol. The normalized spacial score (nSPS) is 10.8. The third-order valence-electron chi connectivity index (χ3n) is 4.61. The minimum Gasteiger partial charge on any atom is -0.497 e. The number of hydrogen-bond donors (Lipinski definition) is 1. The van der Waals surface area contributed by atoms with Crippen LogP contribution in [0.15, 0.2) is 76.7 Å². The van der Waals surface area contributed by atoms with Crippen LogP contribution in [-0.2, 0) is 4.79 Å². The van der Waals surface area contributed by atoms with Crippen molar-refractivity contribution >= 4 is 45.9 Å². The van der Waals surface area contributed by atoms with Crippen molar-refractivity contribution in [2.75, 3.05) is 18.2 Å². The van der Waals surface area contributed by atoms with E-state index in [0.29, 0.717) is 33.2 Å². The molecule has 0 bridgehead atoms. The van der Waals surface area contributed by atoms with Crippen molar-refractivity contribution < 1.29 is 13.9 Å². The van der Waals surface area contributed by atoms with Gasteiger partial charge in [-0.15, -0.1) is 0 Å². The van der Waals surface area contributed by atoms with Crippen molar-refractivity contribution in [1.82, 2.24) is 9.55 Å². The first kappa shape index (κ1) is 21.9. The van der Waals surface area contributed by atoms with Crippen LogP contribution in [0.3, 0.4) is 0 Å². The lowest BCUT2D eigenvalue weighted by Gasteiger charge is -2.13. The summed E-state index contributed by atoms with van der Waals surface area (Å²) in [5, 5.41) is 3.42. The molecule has 0 aliphatic rings. The molecule has 0 atom stereocenters. The van der Waals surface area contributed by atoms with E-state index in [1.807, 2.05) is 0 Å². The number of carbonyl (C=O) groups is 1. The number of ether oxygens (including phenoxy) is 1. The van der Waals surface area contributed by atoms with E-state index in [9.17, 15) is 14.0 Å². The first-order chi connectivity index (χ1) is 15.5. The third kappa shape index (κ3) is 4.61. The van der Waals surface area contributed by atoms with Crippen molar-refractivity contribution in [2.24, 2.45) is 0 Å². The van der Waals surface area contributed by atoms with E-state index in [1.54, 1.807) is 55.6 Å². The fourth-order valence-electron chi connectivity index (χ4n) is 3.07. The maximum Gasteiger partial charge on any atom is 0.266 e. The molecule has 1 N–H and O–H groups in total. The number of aromatic nitrogens is 2. The number of fused-ring (bicyclic) bond motifs is 1. The smallest absolute Gasteiger partial charge is 0.266 e. The van der Waals surface area contributed by atoms with Gasteiger partial charge >= 0.3 is 0 Å². The van der Waals surface area contributed by atoms with Gasteiger partial charge in [-0.25, -0.2) is 9.37 Å². The van der Waals surface area contributed by atoms with Crippen LogP contribution in [-0.4, -0.2) is 28.3 Å². The highest BCUT2D eigenvalue weighted by Crippen LogP contribution is 2.24. The lowest BCUT2D eigenvalue weighted by Crippen LogP contribution is -2.23. The lowest BCUT2D eigenvalue weighted by atomic mass is 10.2. The van der Waals surface area contributed by atoms with E-state index in [4.69, 9.17) is 16.3 Å². The van der Waals surface area contributed by atoms with Crippen LogP contribution < -0.4 is 15.6 Å². The molecule has 0 fully saturated rings. The third-order valence-corrected chi connectivity index (χ3v) is 5.84.